The average molecular weight is 513 g/mol. The molecule has 0 spiro atoms. The number of carbonyl (C=O) groups excluding carboxylic acids is 5. The van der Waals surface area contributed by atoms with Gasteiger partial charge in [-0.25, -0.2) is 24.1 Å². The molecular formula is C25H40N2O9. The van der Waals surface area contributed by atoms with E-state index in [-0.39, 0.29) is 18.3 Å². The summed E-state index contributed by atoms with van der Waals surface area (Å²) in [7, 11) is 2.53. The number of ether oxygens (including phenoxy) is 4. The normalized spacial score (nSPS) is 24.1. The lowest BCUT2D eigenvalue weighted by molar-refractivity contribution is -0.148. The minimum absolute atomic E-state index is 0.0571. The third-order valence-corrected chi connectivity index (χ3v) is 5.44. The predicted octanol–water partition coefficient (Wildman–Crippen LogP) is 3.65. The highest BCUT2D eigenvalue weighted by atomic mass is 16.6. The molecule has 0 aromatic heterocycles. The molecule has 2 aliphatic heterocycles. The number of hydrogen-bond acceptors (Lipinski definition) is 9. The van der Waals surface area contributed by atoms with E-state index in [2.05, 4.69) is 11.3 Å². The zero-order valence-electron chi connectivity index (χ0n) is 23.0. The van der Waals surface area contributed by atoms with Gasteiger partial charge in [0.05, 0.1) is 14.2 Å². The quantitative estimate of drug-likeness (QED) is 0.402. The first kappa shape index (κ1) is 30.9. The molecule has 0 N–H and O–H groups in total. The van der Waals surface area contributed by atoms with Gasteiger partial charge in [0.15, 0.2) is 0 Å². The second-order valence-electron chi connectivity index (χ2n) is 10.9. The molecule has 2 aliphatic rings. The smallest absolute Gasteiger partial charge is 0.417 e. The lowest BCUT2D eigenvalue weighted by Gasteiger charge is -2.28. The number of likely N-dealkylation sites (tertiary alicyclic amines) is 2. The van der Waals surface area contributed by atoms with E-state index in [4.69, 9.17) is 14.2 Å². The highest BCUT2D eigenvalue weighted by Gasteiger charge is 2.47. The van der Waals surface area contributed by atoms with Crippen LogP contribution in [-0.4, -0.2) is 77.3 Å². The third-order valence-electron chi connectivity index (χ3n) is 5.44. The molecule has 11 nitrogen and oxygen atoms in total. The van der Waals surface area contributed by atoms with E-state index in [0.717, 1.165) is 4.90 Å². The Balaban J connectivity index is 0.000000360. The monoisotopic (exact) mass is 512 g/mol. The molecule has 11 heteroatoms. The van der Waals surface area contributed by atoms with Gasteiger partial charge < -0.3 is 18.9 Å². The summed E-state index contributed by atoms with van der Waals surface area (Å²) in [6, 6.07) is -1.51. The van der Waals surface area contributed by atoms with Crippen LogP contribution in [0.3, 0.4) is 0 Å². The Morgan fingerprint density at radius 2 is 1.11 bits per heavy atom. The van der Waals surface area contributed by atoms with Gasteiger partial charge in [0, 0.05) is 11.6 Å². The predicted molar refractivity (Wildman–Crippen MR) is 129 cm³/mol. The van der Waals surface area contributed by atoms with Gasteiger partial charge in [0.25, 0.3) is 0 Å². The van der Waals surface area contributed by atoms with Crippen molar-refractivity contribution >= 4 is 30.0 Å². The van der Waals surface area contributed by atoms with Crippen LogP contribution >= 0.6 is 0 Å². The van der Waals surface area contributed by atoms with E-state index in [1.807, 2.05) is 6.92 Å². The SMILES string of the molecule is C=C1[C@@H](C)C[C@@H](C(=O)OC)N1C(=O)OC(C)(C)C.COC(=O)[C@@H]1C[C@H](C)C(=O)N1C(=O)OC(C)(C)C. The molecule has 0 aromatic carbocycles. The van der Waals surface area contributed by atoms with Crippen molar-refractivity contribution in [1.82, 2.24) is 9.80 Å². The molecule has 204 valence electrons. The molecule has 2 heterocycles. The van der Waals surface area contributed by atoms with Crippen molar-refractivity contribution in [2.75, 3.05) is 14.2 Å². The van der Waals surface area contributed by atoms with Gasteiger partial charge in [-0.1, -0.05) is 20.4 Å². The maximum atomic E-state index is 12.1. The highest BCUT2D eigenvalue weighted by molar-refractivity contribution is 6.00. The molecule has 36 heavy (non-hydrogen) atoms. The number of hydrogen-bond donors (Lipinski definition) is 0. The average Bonchev–Trinajstić information content (AvgIpc) is 3.20. The van der Waals surface area contributed by atoms with E-state index in [1.54, 1.807) is 48.5 Å². The largest absolute Gasteiger partial charge is 0.467 e. The molecule has 2 fully saturated rings. The summed E-state index contributed by atoms with van der Waals surface area (Å²) >= 11 is 0. The van der Waals surface area contributed by atoms with Gasteiger partial charge in [-0.15, -0.1) is 0 Å². The summed E-state index contributed by atoms with van der Waals surface area (Å²) < 4.78 is 19.7. The molecule has 3 amide bonds. The molecule has 0 aromatic rings. The van der Waals surface area contributed by atoms with Gasteiger partial charge in [-0.3, -0.25) is 9.69 Å². The van der Waals surface area contributed by atoms with Crippen LogP contribution in [0, 0.1) is 11.8 Å². The summed E-state index contributed by atoms with van der Waals surface area (Å²) in [4.78, 5) is 61.3. The third kappa shape index (κ3) is 7.96. The Morgan fingerprint density at radius 3 is 1.50 bits per heavy atom. The van der Waals surface area contributed by atoms with Crippen LogP contribution in [0.5, 0.6) is 0 Å². The van der Waals surface area contributed by atoms with Crippen molar-refractivity contribution < 1.29 is 42.9 Å². The first-order chi connectivity index (χ1) is 16.3. The molecule has 0 radical (unpaired) electrons. The standard InChI is InChI=1S/C13H21NO4.C12H19NO5/c1-8-7-10(11(15)17-6)14(9(8)2)12(16)18-13(3,4)5;1-7-6-8(10(15)17-5)13(9(7)14)11(16)18-12(2,3)4/h8,10H,2,7H2,1,3-6H3;7-8H,6H2,1-5H3/t8-,10-;7-,8-/m00/s1. The second kappa shape index (κ2) is 11.7. The zero-order valence-corrected chi connectivity index (χ0v) is 23.0. The Kier molecular flexibility index (Phi) is 10.1. The molecule has 2 saturated heterocycles. The zero-order chi connectivity index (χ0) is 28.2. The first-order valence-corrected chi connectivity index (χ1v) is 11.8. The lowest BCUT2D eigenvalue weighted by Crippen LogP contribution is -2.46. The van der Waals surface area contributed by atoms with Gasteiger partial charge in [0.1, 0.15) is 23.3 Å². The van der Waals surface area contributed by atoms with Gasteiger partial charge in [0.2, 0.25) is 5.91 Å². The van der Waals surface area contributed by atoms with Crippen LogP contribution in [0.2, 0.25) is 0 Å². The maximum Gasteiger partial charge on any atom is 0.417 e. The molecule has 2 rings (SSSR count). The summed E-state index contributed by atoms with van der Waals surface area (Å²) in [6.45, 7) is 17.9. The number of allylic oxidation sites excluding steroid dienone is 1. The van der Waals surface area contributed by atoms with Crippen molar-refractivity contribution in [2.24, 2.45) is 11.8 Å². The van der Waals surface area contributed by atoms with E-state index >= 15 is 0 Å². The fraction of sp³-hybridized carbons (Fsp3) is 0.720. The summed E-state index contributed by atoms with van der Waals surface area (Å²) in [6.07, 6.45) is -0.560. The molecule has 4 atom stereocenters. The van der Waals surface area contributed by atoms with Gasteiger partial charge in [-0.05, 0) is 60.3 Å². The fourth-order valence-corrected chi connectivity index (χ4v) is 3.71. The molecular weight excluding hydrogens is 472 g/mol. The number of carbonyl (C=O) groups is 5. The van der Waals surface area contributed by atoms with E-state index in [0.29, 0.717) is 12.1 Å². The van der Waals surface area contributed by atoms with E-state index in [1.165, 1.54) is 19.1 Å². The number of nitrogens with zero attached hydrogens (tertiary/aromatic N) is 2. The van der Waals surface area contributed by atoms with Gasteiger partial charge >= 0.3 is 24.1 Å². The molecule has 0 saturated carbocycles. The van der Waals surface area contributed by atoms with Crippen molar-refractivity contribution in [2.45, 2.75) is 91.5 Å². The second-order valence-corrected chi connectivity index (χ2v) is 10.9. The maximum absolute atomic E-state index is 12.1. The fourth-order valence-electron chi connectivity index (χ4n) is 3.71. The summed E-state index contributed by atoms with van der Waals surface area (Å²) in [5.74, 6) is -1.77. The van der Waals surface area contributed by atoms with Gasteiger partial charge in [-0.2, -0.15) is 0 Å². The van der Waals surface area contributed by atoms with Crippen LogP contribution in [0.25, 0.3) is 0 Å². The minimum Gasteiger partial charge on any atom is -0.467 e. The van der Waals surface area contributed by atoms with Crippen LogP contribution in [0.1, 0.15) is 68.2 Å². The minimum atomic E-state index is -0.882. The Labute approximate surface area is 213 Å². The number of amides is 3. The Hall–Kier alpha value is -3.11. The van der Waals surface area contributed by atoms with Crippen molar-refractivity contribution in [3.05, 3.63) is 12.3 Å². The topological polar surface area (TPSA) is 129 Å². The van der Waals surface area contributed by atoms with Crippen molar-refractivity contribution in [3.8, 4) is 0 Å². The highest BCUT2D eigenvalue weighted by Crippen LogP contribution is 2.33. The number of rotatable bonds is 2. The molecule has 0 aliphatic carbocycles. The van der Waals surface area contributed by atoms with Crippen molar-refractivity contribution in [1.29, 1.82) is 0 Å². The first-order valence-electron chi connectivity index (χ1n) is 11.8. The number of methoxy groups -OCH3 is 2. The van der Waals surface area contributed by atoms with Crippen LogP contribution in [0.15, 0.2) is 12.3 Å². The Morgan fingerprint density at radius 1 is 0.750 bits per heavy atom. The molecule has 0 unspecified atom stereocenters. The number of esters is 2. The molecule has 0 bridgehead atoms. The van der Waals surface area contributed by atoms with E-state index in [9.17, 15) is 24.0 Å². The van der Waals surface area contributed by atoms with Crippen LogP contribution < -0.4 is 0 Å². The van der Waals surface area contributed by atoms with Crippen molar-refractivity contribution in [3.63, 3.8) is 0 Å². The van der Waals surface area contributed by atoms with E-state index < -0.39 is 53.3 Å². The van der Waals surface area contributed by atoms with Crippen LogP contribution in [0.4, 0.5) is 9.59 Å². The summed E-state index contributed by atoms with van der Waals surface area (Å²) in [5.41, 5.74) is -0.729. The Bertz CT molecular complexity index is 813. The van der Waals surface area contributed by atoms with Crippen LogP contribution in [-0.2, 0) is 33.3 Å². The number of imide groups is 1. The lowest BCUT2D eigenvalue weighted by atomic mass is 10.1. The summed E-state index contributed by atoms with van der Waals surface area (Å²) in [5, 5.41) is 0.